The molecule has 13 heteroatoms. The van der Waals surface area contributed by atoms with Crippen molar-refractivity contribution in [2.45, 2.75) is 35.3 Å². The molecule has 1 aliphatic rings. The molecule has 1 aliphatic heterocycles. The van der Waals surface area contributed by atoms with Gasteiger partial charge < -0.3 is 19.7 Å². The highest BCUT2D eigenvalue weighted by Crippen LogP contribution is 2.41. The van der Waals surface area contributed by atoms with E-state index in [2.05, 4.69) is 16.9 Å². The first kappa shape index (κ1) is 29.7. The molecule has 0 bridgehead atoms. The summed E-state index contributed by atoms with van der Waals surface area (Å²) in [6.07, 6.45) is 0. The number of amides is 2. The van der Waals surface area contributed by atoms with E-state index < -0.39 is 40.2 Å². The molecule has 0 saturated carbocycles. The number of carbonyl (C=O) groups is 3. The summed E-state index contributed by atoms with van der Waals surface area (Å²) in [4.78, 5) is 56.0. The topological polar surface area (TPSA) is 141 Å². The maximum atomic E-state index is 13.5. The van der Waals surface area contributed by atoms with Crippen LogP contribution in [0.3, 0.4) is 0 Å². The quantitative estimate of drug-likeness (QED) is 0.0785. The summed E-state index contributed by atoms with van der Waals surface area (Å²) in [6.45, 7) is 5.09. The van der Waals surface area contributed by atoms with Gasteiger partial charge in [0.1, 0.15) is 23.8 Å². The van der Waals surface area contributed by atoms with Crippen LogP contribution in [0, 0.1) is 10.1 Å². The zero-order valence-electron chi connectivity index (χ0n) is 22.9. The number of thiazole rings is 1. The van der Waals surface area contributed by atoms with Crippen LogP contribution >= 0.6 is 23.1 Å². The lowest BCUT2D eigenvalue weighted by atomic mass is 9.99. The van der Waals surface area contributed by atoms with Crippen LogP contribution in [0.4, 0.5) is 5.69 Å². The lowest BCUT2D eigenvalue weighted by Gasteiger charge is -2.49. The first-order chi connectivity index (χ1) is 20.7. The number of nitro benzene ring substituents is 1. The van der Waals surface area contributed by atoms with Crippen LogP contribution in [-0.2, 0) is 25.7 Å². The van der Waals surface area contributed by atoms with Crippen molar-refractivity contribution in [3.05, 3.63) is 107 Å². The average Bonchev–Trinajstić information content (AvgIpc) is 3.43. The van der Waals surface area contributed by atoms with Crippen LogP contribution in [0.2, 0.25) is 0 Å². The number of aromatic nitrogens is 1. The second-order valence-corrected chi connectivity index (χ2v) is 12.0. The highest BCUT2D eigenvalue weighted by Gasteiger charge is 2.54. The van der Waals surface area contributed by atoms with Gasteiger partial charge in [-0.1, -0.05) is 48.7 Å². The van der Waals surface area contributed by atoms with Gasteiger partial charge >= 0.3 is 5.97 Å². The van der Waals surface area contributed by atoms with Crippen LogP contribution in [0.15, 0.2) is 95.4 Å². The molecule has 2 heterocycles. The molecule has 1 saturated heterocycles. The van der Waals surface area contributed by atoms with Crippen molar-refractivity contribution in [3.63, 3.8) is 0 Å². The van der Waals surface area contributed by atoms with Gasteiger partial charge in [0.05, 0.1) is 15.1 Å². The van der Waals surface area contributed by atoms with Gasteiger partial charge in [-0.3, -0.25) is 19.7 Å². The highest BCUT2D eigenvalue weighted by atomic mass is 32.2. The number of non-ortho nitro benzene ring substituents is 1. The lowest BCUT2D eigenvalue weighted by molar-refractivity contribution is -0.384. The van der Waals surface area contributed by atoms with Gasteiger partial charge in [0.15, 0.2) is 17.0 Å². The van der Waals surface area contributed by atoms with Gasteiger partial charge in [0.2, 0.25) is 5.91 Å². The second-order valence-electron chi connectivity index (χ2n) is 9.63. The molecule has 1 N–H and O–H groups in total. The number of carbonyl (C=O) groups excluding carboxylic acids is 3. The Morgan fingerprint density at radius 3 is 2.49 bits per heavy atom. The largest absolute Gasteiger partial charge is 0.484 e. The Morgan fingerprint density at radius 2 is 1.81 bits per heavy atom. The van der Waals surface area contributed by atoms with Crippen molar-refractivity contribution in [2.75, 3.05) is 6.61 Å². The number of para-hydroxylation sites is 2. The third-order valence-corrected chi connectivity index (χ3v) is 8.91. The van der Waals surface area contributed by atoms with Crippen LogP contribution in [0.25, 0.3) is 10.2 Å². The van der Waals surface area contributed by atoms with Crippen molar-refractivity contribution < 1.29 is 28.8 Å². The summed E-state index contributed by atoms with van der Waals surface area (Å²) < 4.78 is 12.7. The number of nitrogens with zero attached hydrogens (tertiary/aromatic N) is 3. The van der Waals surface area contributed by atoms with Gasteiger partial charge in [0.25, 0.3) is 11.6 Å². The molecule has 4 aromatic rings. The number of thioether (sulfide) groups is 1. The molecule has 3 aromatic carbocycles. The number of esters is 1. The van der Waals surface area contributed by atoms with E-state index in [0.717, 1.165) is 10.2 Å². The number of nitro groups is 1. The molecule has 1 fully saturated rings. The summed E-state index contributed by atoms with van der Waals surface area (Å²) in [5.74, 6) is -1.18. The van der Waals surface area contributed by atoms with Gasteiger partial charge in [-0.15, -0.1) is 11.3 Å². The van der Waals surface area contributed by atoms with Crippen molar-refractivity contribution in [1.29, 1.82) is 0 Å². The minimum atomic E-state index is -1.13. The Balaban J connectivity index is 1.33. The Bertz CT molecular complexity index is 1640. The fourth-order valence-corrected chi connectivity index (χ4v) is 6.88. The zero-order chi connectivity index (χ0) is 30.5. The molecular formula is C30H26N4O7S2. The number of nitrogens with one attached hydrogen (secondary N) is 1. The number of ether oxygens (including phenoxy) is 2. The van der Waals surface area contributed by atoms with Gasteiger partial charge in [0, 0.05) is 12.1 Å². The molecule has 1 aromatic heterocycles. The van der Waals surface area contributed by atoms with Crippen LogP contribution < -0.4 is 10.1 Å². The molecule has 43 heavy (non-hydrogen) atoms. The second kappa shape index (κ2) is 13.0. The van der Waals surface area contributed by atoms with Crippen LogP contribution in [-0.4, -0.2) is 56.7 Å². The van der Waals surface area contributed by atoms with E-state index >= 15 is 0 Å². The highest BCUT2D eigenvalue weighted by molar-refractivity contribution is 8.01. The number of hydrogen-bond acceptors (Lipinski definition) is 10. The number of hydrogen-bond donors (Lipinski definition) is 1. The maximum absolute atomic E-state index is 13.5. The van der Waals surface area contributed by atoms with E-state index in [-0.39, 0.29) is 18.9 Å². The molecule has 0 radical (unpaired) electrons. The Labute approximate surface area is 254 Å². The minimum absolute atomic E-state index is 0.0852. The van der Waals surface area contributed by atoms with Crippen molar-refractivity contribution in [3.8, 4) is 5.75 Å². The molecule has 220 valence electrons. The summed E-state index contributed by atoms with van der Waals surface area (Å²) in [5.41, 5.74) is 1.62. The minimum Gasteiger partial charge on any atom is -0.484 e. The first-order valence-electron chi connectivity index (χ1n) is 13.1. The third kappa shape index (κ3) is 6.84. The van der Waals surface area contributed by atoms with E-state index in [0.29, 0.717) is 21.2 Å². The van der Waals surface area contributed by atoms with Gasteiger partial charge in [-0.25, -0.2) is 9.78 Å². The third-order valence-electron chi connectivity index (χ3n) is 6.50. The monoisotopic (exact) mass is 618 g/mol. The van der Waals surface area contributed by atoms with Crippen molar-refractivity contribution in [1.82, 2.24) is 15.2 Å². The van der Waals surface area contributed by atoms with Crippen LogP contribution in [0.5, 0.6) is 5.75 Å². The Hall–Kier alpha value is -4.75. The van der Waals surface area contributed by atoms with E-state index in [1.54, 1.807) is 31.2 Å². The first-order valence-corrected chi connectivity index (χ1v) is 14.8. The molecule has 3 unspecified atom stereocenters. The predicted octanol–water partition coefficient (Wildman–Crippen LogP) is 4.72. The molecule has 2 amide bonds. The number of likely N-dealkylation sites (tertiary alicyclic amines) is 1. The molecule has 0 spiro atoms. The van der Waals surface area contributed by atoms with Gasteiger partial charge in [-0.2, -0.15) is 0 Å². The number of fused-ring (bicyclic) bond motifs is 1. The van der Waals surface area contributed by atoms with Crippen LogP contribution in [0.1, 0.15) is 12.5 Å². The standard InChI is InChI=1S/C30H26N4O7S2/c1-18(2)26(29(37)41-16-19-12-14-20(15-13-19)34(38)39)33-27(36)25(32-24(35)17-40-21-8-4-3-5-9-21)28(33)43-30-31-22-10-6-7-11-23(22)42-30/h3-15,25-26,28H,1,16-17H2,2H3,(H,32,35). The Morgan fingerprint density at radius 1 is 1.12 bits per heavy atom. The zero-order valence-corrected chi connectivity index (χ0v) is 24.5. The summed E-state index contributed by atoms with van der Waals surface area (Å²) >= 11 is 2.69. The summed E-state index contributed by atoms with van der Waals surface area (Å²) in [6, 6.07) is 20.0. The van der Waals surface area contributed by atoms with Crippen molar-refractivity contribution >= 4 is 56.8 Å². The van der Waals surface area contributed by atoms with E-state index in [4.69, 9.17) is 9.47 Å². The van der Waals surface area contributed by atoms with E-state index in [1.807, 2.05) is 30.3 Å². The SMILES string of the molecule is C=C(C)C(C(=O)OCc1ccc([N+](=O)[O-])cc1)N1C(=O)C(NC(=O)COc2ccccc2)C1Sc1nc2ccccc2s1. The summed E-state index contributed by atoms with van der Waals surface area (Å²) in [7, 11) is 0. The normalized spacial score (nSPS) is 16.7. The number of benzene rings is 3. The molecule has 0 aliphatic carbocycles. The van der Waals surface area contributed by atoms with E-state index in [9.17, 15) is 24.5 Å². The fraction of sp³-hybridized carbons (Fsp3) is 0.200. The average molecular weight is 619 g/mol. The smallest absolute Gasteiger partial charge is 0.333 e. The Kier molecular flexibility index (Phi) is 9.02. The predicted molar refractivity (Wildman–Crippen MR) is 161 cm³/mol. The molecular weight excluding hydrogens is 592 g/mol. The lowest BCUT2D eigenvalue weighted by Crippen LogP contribution is -2.73. The molecule has 3 atom stereocenters. The number of β-lactam (4-membered cyclic amide) rings is 1. The molecule has 11 nitrogen and oxygen atoms in total. The number of rotatable bonds is 12. The fourth-order valence-electron chi connectivity index (χ4n) is 4.40. The van der Waals surface area contributed by atoms with Gasteiger partial charge in [-0.05, 0) is 54.5 Å². The molecule has 5 rings (SSSR count). The van der Waals surface area contributed by atoms with E-state index in [1.165, 1.54) is 52.3 Å². The maximum Gasteiger partial charge on any atom is 0.333 e. The van der Waals surface area contributed by atoms with Crippen molar-refractivity contribution in [2.24, 2.45) is 0 Å². The summed E-state index contributed by atoms with van der Waals surface area (Å²) in [5, 5.41) is 13.0.